The lowest BCUT2D eigenvalue weighted by molar-refractivity contribution is 0.178. The molecule has 0 amide bonds. The minimum atomic E-state index is -1.79. The Kier molecular flexibility index (Phi) is 7.26. The summed E-state index contributed by atoms with van der Waals surface area (Å²) >= 11 is 0. The molecule has 3 heteroatoms. The maximum Gasteiger partial charge on any atom is 0.192 e. The average Bonchev–Trinajstić information content (AvgIpc) is 2.30. The van der Waals surface area contributed by atoms with Crippen LogP contribution in [0.5, 0.6) is 0 Å². The molecule has 19 heavy (non-hydrogen) atoms. The summed E-state index contributed by atoms with van der Waals surface area (Å²) in [6.07, 6.45) is 6.08. The Morgan fingerprint density at radius 3 is 2.21 bits per heavy atom. The second-order valence-electron chi connectivity index (χ2n) is 6.80. The van der Waals surface area contributed by atoms with E-state index in [9.17, 15) is 0 Å². The summed E-state index contributed by atoms with van der Waals surface area (Å²) in [5.41, 5.74) is 1.26. The van der Waals surface area contributed by atoms with Crippen LogP contribution in [0.4, 0.5) is 0 Å². The van der Waals surface area contributed by atoms with Gasteiger partial charge >= 0.3 is 0 Å². The lowest BCUT2D eigenvalue weighted by atomic mass is 9.98. The normalized spacial score (nSPS) is 17.8. The molecular weight excluding hydrogens is 252 g/mol. The molecule has 0 aromatic carbocycles. The van der Waals surface area contributed by atoms with Crippen LogP contribution in [0.25, 0.3) is 0 Å². The predicted molar refractivity (Wildman–Crippen MR) is 86.9 cm³/mol. The van der Waals surface area contributed by atoms with Crippen LogP contribution in [0.2, 0.25) is 18.1 Å². The molecule has 0 rings (SSSR count). The minimum absolute atomic E-state index is 0.0893. The van der Waals surface area contributed by atoms with Gasteiger partial charge in [-0.3, -0.25) is 0 Å². The first-order chi connectivity index (χ1) is 8.56. The Morgan fingerprint density at radius 2 is 1.84 bits per heavy atom. The van der Waals surface area contributed by atoms with Gasteiger partial charge in [0.2, 0.25) is 0 Å². The monoisotopic (exact) mass is 284 g/mol. The number of aliphatic hydroxyl groups excluding tert-OH is 1. The topological polar surface area (TPSA) is 29.5 Å². The highest BCUT2D eigenvalue weighted by molar-refractivity contribution is 6.74. The molecule has 0 radical (unpaired) electrons. The first kappa shape index (κ1) is 18.6. The third-order valence-corrected chi connectivity index (χ3v) is 8.61. The molecule has 2 nitrogen and oxygen atoms in total. The van der Waals surface area contributed by atoms with Crippen molar-refractivity contribution < 1.29 is 9.53 Å². The number of allylic oxidation sites excluding steroid dienone is 1. The molecule has 0 aromatic rings. The zero-order valence-electron chi connectivity index (χ0n) is 13.9. The van der Waals surface area contributed by atoms with Crippen molar-refractivity contribution in [1.82, 2.24) is 0 Å². The van der Waals surface area contributed by atoms with Gasteiger partial charge in [-0.05, 0) is 37.6 Å². The fourth-order valence-corrected chi connectivity index (χ4v) is 3.04. The lowest BCUT2D eigenvalue weighted by Gasteiger charge is -2.41. The number of aliphatic hydroxyl groups is 1. The Balaban J connectivity index is 5.15. The molecule has 0 aliphatic carbocycles. The maximum absolute atomic E-state index is 8.92. The van der Waals surface area contributed by atoms with Gasteiger partial charge in [-0.2, -0.15) is 0 Å². The van der Waals surface area contributed by atoms with Gasteiger partial charge in [-0.1, -0.05) is 45.9 Å². The molecule has 0 saturated carbocycles. The Labute approximate surface area is 120 Å². The largest absolute Gasteiger partial charge is 0.410 e. The smallest absolute Gasteiger partial charge is 0.192 e. The van der Waals surface area contributed by atoms with Crippen molar-refractivity contribution in [3.63, 3.8) is 0 Å². The van der Waals surface area contributed by atoms with E-state index >= 15 is 0 Å². The van der Waals surface area contributed by atoms with Crippen molar-refractivity contribution in [1.29, 1.82) is 0 Å². The third kappa shape index (κ3) is 5.63. The van der Waals surface area contributed by atoms with Gasteiger partial charge in [0.15, 0.2) is 8.32 Å². The highest BCUT2D eigenvalue weighted by Gasteiger charge is 2.40. The number of hydrogen-bond acceptors (Lipinski definition) is 2. The summed E-state index contributed by atoms with van der Waals surface area (Å²) in [5.74, 6) is 0.275. The quantitative estimate of drug-likeness (QED) is 0.573. The van der Waals surface area contributed by atoms with E-state index in [4.69, 9.17) is 9.53 Å². The van der Waals surface area contributed by atoms with Crippen molar-refractivity contribution in [3.8, 4) is 0 Å². The maximum atomic E-state index is 8.92. The van der Waals surface area contributed by atoms with Crippen LogP contribution in [-0.4, -0.2) is 26.1 Å². The Morgan fingerprint density at radius 1 is 1.32 bits per heavy atom. The van der Waals surface area contributed by atoms with Crippen LogP contribution in [0.15, 0.2) is 23.8 Å². The molecule has 112 valence electrons. The molecule has 0 aliphatic heterocycles. The summed E-state index contributed by atoms with van der Waals surface area (Å²) in [6.45, 7) is 17.8. The highest BCUT2D eigenvalue weighted by Crippen LogP contribution is 2.39. The van der Waals surface area contributed by atoms with Crippen LogP contribution in [0, 0.1) is 5.92 Å². The summed E-state index contributed by atoms with van der Waals surface area (Å²) < 4.78 is 6.55. The van der Waals surface area contributed by atoms with Crippen LogP contribution >= 0.6 is 0 Å². The Hall–Kier alpha value is -0.383. The van der Waals surface area contributed by atoms with E-state index in [2.05, 4.69) is 60.7 Å². The fourth-order valence-electron chi connectivity index (χ4n) is 1.65. The van der Waals surface area contributed by atoms with E-state index in [1.807, 2.05) is 6.08 Å². The molecule has 1 N–H and O–H groups in total. The molecule has 0 spiro atoms. The highest BCUT2D eigenvalue weighted by atomic mass is 28.4. The molecule has 2 atom stereocenters. The van der Waals surface area contributed by atoms with E-state index in [0.29, 0.717) is 0 Å². The van der Waals surface area contributed by atoms with Crippen molar-refractivity contribution in [2.75, 3.05) is 6.61 Å². The first-order valence-corrected chi connectivity index (χ1v) is 10.1. The zero-order chi connectivity index (χ0) is 15.3. The van der Waals surface area contributed by atoms with Gasteiger partial charge in [0.1, 0.15) is 0 Å². The van der Waals surface area contributed by atoms with Crippen LogP contribution in [0.1, 0.15) is 41.5 Å². The fraction of sp³-hybridized carbons (Fsp3) is 0.750. The lowest BCUT2D eigenvalue weighted by Crippen LogP contribution is -2.45. The summed E-state index contributed by atoms with van der Waals surface area (Å²) in [6, 6.07) is 0. The average molecular weight is 285 g/mol. The van der Waals surface area contributed by atoms with Crippen LogP contribution < -0.4 is 0 Å². The van der Waals surface area contributed by atoms with Crippen molar-refractivity contribution >= 4 is 8.32 Å². The van der Waals surface area contributed by atoms with E-state index < -0.39 is 8.32 Å². The van der Waals surface area contributed by atoms with E-state index in [1.54, 1.807) is 6.08 Å². The minimum Gasteiger partial charge on any atom is -0.410 e. The van der Waals surface area contributed by atoms with Crippen molar-refractivity contribution in [2.45, 2.75) is 65.8 Å². The molecular formula is C16H32O2Si. The van der Waals surface area contributed by atoms with Gasteiger partial charge in [0.05, 0.1) is 12.7 Å². The second-order valence-corrected chi connectivity index (χ2v) is 11.6. The zero-order valence-corrected chi connectivity index (χ0v) is 14.9. The Bertz CT molecular complexity index is 324. The van der Waals surface area contributed by atoms with E-state index in [-0.39, 0.29) is 23.7 Å². The SMILES string of the molecule is C/C=C(\C)[C@@H](O[Si](C)(C)C(C)(C)C)[C@@H](C)/C=C/CO. The van der Waals surface area contributed by atoms with Gasteiger partial charge in [-0.15, -0.1) is 0 Å². The van der Waals surface area contributed by atoms with E-state index in [0.717, 1.165) is 0 Å². The first-order valence-electron chi connectivity index (χ1n) is 7.15. The van der Waals surface area contributed by atoms with Crippen molar-refractivity contribution in [2.24, 2.45) is 5.92 Å². The van der Waals surface area contributed by atoms with Crippen LogP contribution in [-0.2, 0) is 4.43 Å². The summed E-state index contributed by atoms with van der Waals surface area (Å²) in [4.78, 5) is 0. The third-order valence-electron chi connectivity index (χ3n) is 4.15. The number of rotatable bonds is 6. The summed E-state index contributed by atoms with van der Waals surface area (Å²) in [5, 5.41) is 9.13. The van der Waals surface area contributed by atoms with Gasteiger partial charge in [-0.25, -0.2) is 0 Å². The molecule has 0 fully saturated rings. The molecule has 0 unspecified atom stereocenters. The molecule has 0 aromatic heterocycles. The molecule has 0 bridgehead atoms. The van der Waals surface area contributed by atoms with Crippen molar-refractivity contribution in [3.05, 3.63) is 23.8 Å². The van der Waals surface area contributed by atoms with E-state index in [1.165, 1.54) is 5.57 Å². The summed E-state index contributed by atoms with van der Waals surface area (Å²) in [7, 11) is -1.79. The van der Waals surface area contributed by atoms with Crippen LogP contribution in [0.3, 0.4) is 0 Å². The predicted octanol–water partition coefficient (Wildman–Crippen LogP) is 4.53. The standard InChI is InChI=1S/C16H32O2Si/c1-9-13(2)15(14(3)11-10-12-17)18-19(7,8)16(4,5)6/h9-11,14-15,17H,12H2,1-8H3/b11-10+,13-9+/t14-,15+/m0/s1. The molecule has 0 saturated heterocycles. The molecule has 0 heterocycles. The van der Waals surface area contributed by atoms with Gasteiger partial charge in [0.25, 0.3) is 0 Å². The second kappa shape index (κ2) is 7.41. The van der Waals surface area contributed by atoms with Gasteiger partial charge in [0, 0.05) is 5.92 Å². The van der Waals surface area contributed by atoms with Gasteiger partial charge < -0.3 is 9.53 Å². The number of hydrogen-bond donors (Lipinski definition) is 1. The molecule has 0 aliphatic rings.